The molecule has 0 aliphatic heterocycles. The van der Waals surface area contributed by atoms with Crippen LogP contribution in [0.1, 0.15) is 0 Å². The summed E-state index contributed by atoms with van der Waals surface area (Å²) in [5.74, 6) is 0. The largest absolute Gasteiger partial charge is 3.00 e. The molecule has 7 heteroatoms. The fourth-order valence-electron chi connectivity index (χ4n) is 0. The topological polar surface area (TPSA) is 77.6 Å². The van der Waals surface area contributed by atoms with Crippen LogP contribution in [0, 0.1) is 0 Å². The molecule has 0 bridgehead atoms. The Morgan fingerprint density at radius 1 is 1.43 bits per heavy atom. The van der Waals surface area contributed by atoms with Crippen LogP contribution in [-0.4, -0.2) is 22.8 Å². The molecule has 0 saturated heterocycles. The van der Waals surface area contributed by atoms with E-state index in [9.17, 15) is 9.79 Å². The Morgan fingerprint density at radius 2 is 1.43 bits per heavy atom. The number of rotatable bonds is 0. The molecule has 0 heterocycles. The second-order valence-electron chi connectivity index (χ2n) is 0.447. The molecule has 0 atom stereocenters. The molecule has 0 saturated carbocycles. The van der Waals surface area contributed by atoms with Crippen LogP contribution < -0.4 is 9.79 Å². The first-order chi connectivity index (χ1) is 2.00. The van der Waals surface area contributed by atoms with Crippen LogP contribution in [-0.2, 0) is 24.1 Å². The first-order valence-corrected chi connectivity index (χ1v) is 4.38. The summed E-state index contributed by atoms with van der Waals surface area (Å²) in [6.45, 7) is 0. The van der Waals surface area contributed by atoms with Gasteiger partial charge < -0.3 is 33.2 Å². The van der Waals surface area contributed by atoms with Crippen LogP contribution in [0.25, 0.3) is 0 Å². The van der Waals surface area contributed by atoms with Gasteiger partial charge in [0, 0.05) is 0 Å². The van der Waals surface area contributed by atoms with Crippen molar-refractivity contribution < 1.29 is 15.3 Å². The molecule has 0 radical (unpaired) electrons. The minimum Gasteiger partial charge on any atom is -0.850 e. The van der Waals surface area contributed by atoms with Crippen LogP contribution in [0.2, 0.25) is 0 Å². The smallest absolute Gasteiger partial charge is 0.850 e. The maximum Gasteiger partial charge on any atom is 3.00 e. The molecule has 40 valence electrons. The average molecular weight is 172 g/mol. The summed E-state index contributed by atoms with van der Waals surface area (Å²) in [6.07, 6.45) is 0. The summed E-state index contributed by atoms with van der Waals surface area (Å²) in [5, 5.41) is 0. The molecule has 0 rings (SSSR count). The molecule has 0 spiro atoms. The van der Waals surface area contributed by atoms with Gasteiger partial charge >= 0.3 is 17.4 Å². The van der Waals surface area contributed by atoms with Gasteiger partial charge in [-0.2, -0.15) is 11.8 Å². The standard InChI is InChI=1S/Al.H3O2PS2.H2O/c;1-3(2,4)5;/h;(H3,1,2,4,5);1H2/q+3;;/p-3. The molecule has 0 aromatic rings. The molecule has 0 aliphatic carbocycles. The second-order valence-corrected chi connectivity index (χ2v) is 4.92. The Morgan fingerprint density at radius 3 is 1.43 bits per heavy atom. The minimum absolute atomic E-state index is 0. The van der Waals surface area contributed by atoms with Crippen LogP contribution in [0.5, 0.6) is 0 Å². The van der Waals surface area contributed by atoms with Crippen molar-refractivity contribution in [3.63, 3.8) is 0 Å². The molecule has 0 aromatic carbocycles. The quantitative estimate of drug-likeness (QED) is 0.226. The number of hydrogen-bond donors (Lipinski definition) is 0. The van der Waals surface area contributed by atoms with Crippen molar-refractivity contribution in [3.05, 3.63) is 0 Å². The van der Waals surface area contributed by atoms with Gasteiger partial charge in [-0.3, -0.25) is 0 Å². The summed E-state index contributed by atoms with van der Waals surface area (Å²) in [5.41, 5.74) is -3.72. The van der Waals surface area contributed by atoms with Gasteiger partial charge in [0.2, 0.25) is 0 Å². The van der Waals surface area contributed by atoms with Crippen molar-refractivity contribution in [1.82, 2.24) is 0 Å². The molecule has 0 aliphatic rings. The Balaban J connectivity index is -0.0000000800. The van der Waals surface area contributed by atoms with E-state index in [0.29, 0.717) is 0 Å². The molecule has 0 unspecified atom stereocenters. The Labute approximate surface area is 62.5 Å². The maximum atomic E-state index is 9.29. The predicted octanol–water partition coefficient (Wildman–Crippen LogP) is -2.73. The summed E-state index contributed by atoms with van der Waals surface area (Å²) < 4.78 is 0. The first kappa shape index (κ1) is 15.8. The zero-order valence-corrected chi connectivity index (χ0v) is 6.84. The van der Waals surface area contributed by atoms with E-state index in [4.69, 9.17) is 0 Å². The first-order valence-electron chi connectivity index (χ1n) is 0.730. The van der Waals surface area contributed by atoms with Gasteiger partial charge in [-0.15, -0.1) is 0 Å². The third-order valence-corrected chi connectivity index (χ3v) is 0. The molecule has 0 aromatic heterocycles. The summed E-state index contributed by atoms with van der Waals surface area (Å²) in [6, 6.07) is 0. The molecule has 0 amide bonds. The normalized spacial score (nSPS) is 8.43. The van der Waals surface area contributed by atoms with Gasteiger partial charge in [-0.05, 0) is 0 Å². The van der Waals surface area contributed by atoms with Gasteiger partial charge in [0.05, 0.1) is 0 Å². The molecular weight excluding hydrogens is 170 g/mol. The van der Waals surface area contributed by atoms with Crippen molar-refractivity contribution >= 4 is 47.1 Å². The summed E-state index contributed by atoms with van der Waals surface area (Å²) in [4.78, 5) is 18.6. The van der Waals surface area contributed by atoms with Crippen LogP contribution in [0.15, 0.2) is 0 Å². The molecule has 7 heavy (non-hydrogen) atoms. The Kier molecular flexibility index (Phi) is 12.5. The van der Waals surface area contributed by atoms with Crippen molar-refractivity contribution in [2.75, 3.05) is 0 Å². The van der Waals surface area contributed by atoms with E-state index >= 15 is 0 Å². The summed E-state index contributed by atoms with van der Waals surface area (Å²) in [7, 11) is 0. The third-order valence-electron chi connectivity index (χ3n) is 0. The van der Waals surface area contributed by atoms with Crippen molar-refractivity contribution in [1.29, 1.82) is 0 Å². The second kappa shape index (κ2) is 5.55. The van der Waals surface area contributed by atoms with E-state index in [2.05, 4.69) is 24.1 Å². The van der Waals surface area contributed by atoms with E-state index in [0.717, 1.165) is 0 Å². The predicted molar refractivity (Wildman–Crippen MR) is 31.0 cm³/mol. The fraction of sp³-hybridized carbons (Fsp3) is 0. The SMILES string of the molecule is O.[Al+3].[O-]P([O-])(=S)[S-]. The van der Waals surface area contributed by atoms with Crippen molar-refractivity contribution in [2.24, 2.45) is 0 Å². The van der Waals surface area contributed by atoms with Gasteiger partial charge in [-0.25, -0.2) is 0 Å². The van der Waals surface area contributed by atoms with E-state index in [-0.39, 0.29) is 22.8 Å². The molecular formula is H2AlO3PS2. The third kappa shape index (κ3) is 109. The van der Waals surface area contributed by atoms with E-state index in [1.165, 1.54) is 0 Å². The molecule has 0 fully saturated rings. The van der Waals surface area contributed by atoms with E-state index < -0.39 is 5.69 Å². The average Bonchev–Trinajstić information content (AvgIpc) is 0.722. The van der Waals surface area contributed by atoms with Crippen molar-refractivity contribution in [3.8, 4) is 0 Å². The van der Waals surface area contributed by atoms with Gasteiger partial charge in [0.1, 0.15) is 0 Å². The molecule has 3 nitrogen and oxygen atoms in total. The zero-order valence-electron chi connectivity index (χ0n) is 3.16. The van der Waals surface area contributed by atoms with E-state index in [1.807, 2.05) is 0 Å². The van der Waals surface area contributed by atoms with Gasteiger partial charge in [0.25, 0.3) is 0 Å². The van der Waals surface area contributed by atoms with Crippen LogP contribution >= 0.6 is 5.69 Å². The van der Waals surface area contributed by atoms with Gasteiger partial charge in [-0.1, -0.05) is 0 Å². The Bertz CT molecular complexity index is 59.1. The fourth-order valence-corrected chi connectivity index (χ4v) is 0. The Hall–Kier alpha value is 1.41. The van der Waals surface area contributed by atoms with Crippen LogP contribution in [0.3, 0.4) is 0 Å². The van der Waals surface area contributed by atoms with Crippen LogP contribution in [0.4, 0.5) is 0 Å². The maximum absolute atomic E-state index is 9.29. The zero-order chi connectivity index (χ0) is 4.50. The van der Waals surface area contributed by atoms with Gasteiger partial charge in [0.15, 0.2) is 0 Å². The number of hydrogen-bond acceptors (Lipinski definition) is 4. The molecule has 2 N–H and O–H groups in total. The minimum atomic E-state index is -3.72. The monoisotopic (exact) mass is 172 g/mol. The van der Waals surface area contributed by atoms with E-state index in [1.54, 1.807) is 0 Å². The van der Waals surface area contributed by atoms with Crippen molar-refractivity contribution in [2.45, 2.75) is 0 Å². The summed E-state index contributed by atoms with van der Waals surface area (Å²) >= 11 is 7.28.